The molecular formula is C11H15NO2. The number of hydrogen-bond donors (Lipinski definition) is 0. The van der Waals surface area contributed by atoms with Gasteiger partial charge in [-0.15, -0.1) is 0 Å². The van der Waals surface area contributed by atoms with E-state index in [2.05, 4.69) is 0 Å². The summed E-state index contributed by atoms with van der Waals surface area (Å²) >= 11 is 0. The molecule has 0 fully saturated rings. The van der Waals surface area contributed by atoms with E-state index in [1.54, 1.807) is 0 Å². The molecule has 0 radical (unpaired) electrons. The molecule has 0 aliphatic rings. The Kier molecular flexibility index (Phi) is 3.63. The third kappa shape index (κ3) is 2.31. The minimum absolute atomic E-state index is 0.00213. The first kappa shape index (κ1) is 10.7. The monoisotopic (exact) mass is 193 g/mol. The predicted octanol–water partition coefficient (Wildman–Crippen LogP) is -0.151. The summed E-state index contributed by atoms with van der Waals surface area (Å²) < 4.78 is 1.95. The van der Waals surface area contributed by atoms with Crippen LogP contribution < -0.4 is 9.67 Å². The van der Waals surface area contributed by atoms with Gasteiger partial charge in [0.1, 0.15) is 6.54 Å². The van der Waals surface area contributed by atoms with E-state index < -0.39 is 5.97 Å². The van der Waals surface area contributed by atoms with Crippen LogP contribution in [0.4, 0.5) is 0 Å². The lowest BCUT2D eigenvalue weighted by Gasteiger charge is -2.07. The lowest BCUT2D eigenvalue weighted by Crippen LogP contribution is -2.41. The van der Waals surface area contributed by atoms with Gasteiger partial charge in [-0.05, 0) is 19.4 Å². The van der Waals surface area contributed by atoms with Crippen molar-refractivity contribution in [3.8, 4) is 0 Å². The Morgan fingerprint density at radius 3 is 2.71 bits per heavy atom. The van der Waals surface area contributed by atoms with Crippen molar-refractivity contribution in [3.05, 3.63) is 29.6 Å². The molecule has 0 unspecified atom stereocenters. The van der Waals surface area contributed by atoms with Crippen LogP contribution >= 0.6 is 0 Å². The third-order valence-corrected chi connectivity index (χ3v) is 2.31. The number of carboxylic acids is 1. The molecule has 3 nitrogen and oxygen atoms in total. The van der Waals surface area contributed by atoms with E-state index in [4.69, 9.17) is 0 Å². The van der Waals surface area contributed by atoms with Crippen molar-refractivity contribution >= 4 is 5.97 Å². The van der Waals surface area contributed by atoms with Gasteiger partial charge in [0.25, 0.3) is 0 Å². The molecule has 0 atom stereocenters. The van der Waals surface area contributed by atoms with Crippen LogP contribution in [0.2, 0.25) is 0 Å². The summed E-state index contributed by atoms with van der Waals surface area (Å²) in [5, 5.41) is 10.6. The number of carboxylic acid groups (broad SMARTS) is 1. The van der Waals surface area contributed by atoms with Crippen molar-refractivity contribution in [2.45, 2.75) is 33.2 Å². The fraction of sp³-hybridized carbons (Fsp3) is 0.455. The Morgan fingerprint density at radius 1 is 1.50 bits per heavy atom. The number of rotatable bonds is 4. The molecule has 1 rings (SSSR count). The van der Waals surface area contributed by atoms with Crippen molar-refractivity contribution in [2.75, 3.05) is 0 Å². The van der Waals surface area contributed by atoms with E-state index >= 15 is 0 Å². The molecule has 0 aliphatic carbocycles. The van der Waals surface area contributed by atoms with Gasteiger partial charge in [-0.25, -0.2) is 4.57 Å². The van der Waals surface area contributed by atoms with Crippen LogP contribution in [0.5, 0.6) is 0 Å². The lowest BCUT2D eigenvalue weighted by molar-refractivity contribution is -0.700. The Bertz CT molecular complexity index is 312. The highest BCUT2D eigenvalue weighted by molar-refractivity contribution is 5.67. The molecule has 0 saturated carbocycles. The van der Waals surface area contributed by atoms with Gasteiger partial charge in [-0.3, -0.25) is 0 Å². The van der Waals surface area contributed by atoms with E-state index in [1.165, 1.54) is 0 Å². The maximum absolute atomic E-state index is 10.6. The van der Waals surface area contributed by atoms with Gasteiger partial charge in [0, 0.05) is 11.6 Å². The average Bonchev–Trinajstić information content (AvgIpc) is 2.17. The SMILES string of the molecule is CCc1ccc[n+](CC)c1CC(=O)[O-]. The highest BCUT2D eigenvalue weighted by atomic mass is 16.4. The maximum atomic E-state index is 10.6. The van der Waals surface area contributed by atoms with Crippen LogP contribution in [0.3, 0.4) is 0 Å². The molecule has 0 aliphatic heterocycles. The number of nitrogens with zero attached hydrogens (tertiary/aromatic N) is 1. The minimum Gasteiger partial charge on any atom is -0.550 e. The zero-order valence-corrected chi connectivity index (χ0v) is 8.62. The molecule has 0 amide bonds. The van der Waals surface area contributed by atoms with Crippen LogP contribution in [-0.2, 0) is 24.2 Å². The van der Waals surface area contributed by atoms with Crippen molar-refractivity contribution in [2.24, 2.45) is 0 Å². The van der Waals surface area contributed by atoms with Crippen molar-refractivity contribution < 1.29 is 14.5 Å². The number of pyridine rings is 1. The summed E-state index contributed by atoms with van der Waals surface area (Å²) in [6.07, 6.45) is 2.75. The Morgan fingerprint density at radius 2 is 2.21 bits per heavy atom. The first-order valence-corrected chi connectivity index (χ1v) is 4.89. The van der Waals surface area contributed by atoms with Gasteiger partial charge >= 0.3 is 0 Å². The fourth-order valence-corrected chi connectivity index (χ4v) is 1.60. The van der Waals surface area contributed by atoms with Gasteiger partial charge in [-0.1, -0.05) is 6.92 Å². The number of aromatic nitrogens is 1. The summed E-state index contributed by atoms with van der Waals surface area (Å²) in [4.78, 5) is 10.6. The molecular weight excluding hydrogens is 178 g/mol. The molecule has 0 N–H and O–H groups in total. The number of carbonyl (C=O) groups is 1. The Labute approximate surface area is 84.0 Å². The van der Waals surface area contributed by atoms with Crippen molar-refractivity contribution in [1.82, 2.24) is 0 Å². The van der Waals surface area contributed by atoms with E-state index in [9.17, 15) is 9.90 Å². The highest BCUT2D eigenvalue weighted by Crippen LogP contribution is 2.05. The second-order valence-corrected chi connectivity index (χ2v) is 3.17. The van der Waals surface area contributed by atoms with Crippen LogP contribution in [0.25, 0.3) is 0 Å². The largest absolute Gasteiger partial charge is 0.550 e. The standard InChI is InChI=1S/C11H15NO2/c1-3-9-6-5-7-12(4-2)10(9)8-11(13)14/h5-7H,3-4,8H2,1-2H3. The molecule has 0 aromatic carbocycles. The molecule has 14 heavy (non-hydrogen) atoms. The van der Waals surface area contributed by atoms with Gasteiger partial charge in [0.2, 0.25) is 0 Å². The Balaban J connectivity index is 3.12. The minimum atomic E-state index is -1.02. The summed E-state index contributed by atoms with van der Waals surface area (Å²) in [5.41, 5.74) is 1.94. The zero-order valence-electron chi connectivity index (χ0n) is 8.62. The third-order valence-electron chi connectivity index (χ3n) is 2.31. The summed E-state index contributed by atoms with van der Waals surface area (Å²) in [6.45, 7) is 4.81. The lowest BCUT2D eigenvalue weighted by atomic mass is 10.1. The van der Waals surface area contributed by atoms with E-state index in [1.807, 2.05) is 36.7 Å². The van der Waals surface area contributed by atoms with Crippen LogP contribution in [0.15, 0.2) is 18.3 Å². The molecule has 76 valence electrons. The number of hydrogen-bond acceptors (Lipinski definition) is 2. The van der Waals surface area contributed by atoms with E-state index in [0.717, 1.165) is 24.2 Å². The molecule has 0 bridgehead atoms. The number of aliphatic carboxylic acids is 1. The average molecular weight is 193 g/mol. The van der Waals surface area contributed by atoms with Crippen LogP contribution in [0, 0.1) is 0 Å². The predicted molar refractivity (Wildman–Crippen MR) is 50.4 cm³/mol. The van der Waals surface area contributed by atoms with Crippen molar-refractivity contribution in [3.63, 3.8) is 0 Å². The maximum Gasteiger partial charge on any atom is 0.190 e. The second kappa shape index (κ2) is 4.74. The summed E-state index contributed by atoms with van der Waals surface area (Å²) in [7, 11) is 0. The van der Waals surface area contributed by atoms with E-state index in [-0.39, 0.29) is 6.42 Å². The van der Waals surface area contributed by atoms with Gasteiger partial charge in [0.05, 0.1) is 12.4 Å². The smallest absolute Gasteiger partial charge is 0.190 e. The fourth-order valence-electron chi connectivity index (χ4n) is 1.60. The molecule has 3 heteroatoms. The quantitative estimate of drug-likeness (QED) is 0.624. The van der Waals surface area contributed by atoms with Gasteiger partial charge in [-0.2, -0.15) is 0 Å². The molecule has 1 aromatic rings. The normalized spacial score (nSPS) is 10.1. The highest BCUT2D eigenvalue weighted by Gasteiger charge is 2.13. The summed E-state index contributed by atoms with van der Waals surface area (Å²) in [5.74, 6) is -1.02. The molecule has 1 aromatic heterocycles. The molecule has 0 saturated heterocycles. The van der Waals surface area contributed by atoms with Gasteiger partial charge in [0.15, 0.2) is 11.9 Å². The van der Waals surface area contributed by atoms with Gasteiger partial charge < -0.3 is 9.90 Å². The number of aryl methyl sites for hydroxylation is 2. The van der Waals surface area contributed by atoms with Crippen LogP contribution in [0.1, 0.15) is 25.1 Å². The topological polar surface area (TPSA) is 44.0 Å². The summed E-state index contributed by atoms with van der Waals surface area (Å²) in [6, 6.07) is 3.91. The number of carbonyl (C=O) groups excluding carboxylic acids is 1. The van der Waals surface area contributed by atoms with E-state index in [0.29, 0.717) is 0 Å². The first-order chi connectivity index (χ1) is 6.69. The zero-order chi connectivity index (χ0) is 10.6. The Hall–Kier alpha value is -1.38. The second-order valence-electron chi connectivity index (χ2n) is 3.17. The molecule has 0 spiro atoms. The first-order valence-electron chi connectivity index (χ1n) is 4.89. The molecule has 1 heterocycles. The van der Waals surface area contributed by atoms with Crippen molar-refractivity contribution in [1.29, 1.82) is 0 Å². The van der Waals surface area contributed by atoms with Crippen LogP contribution in [-0.4, -0.2) is 5.97 Å².